The van der Waals surface area contributed by atoms with E-state index in [9.17, 15) is 26.4 Å². The van der Waals surface area contributed by atoms with Crippen LogP contribution in [-0.4, -0.2) is 25.0 Å². The number of pyridine rings is 1. The molecule has 9 heteroatoms. The summed E-state index contributed by atoms with van der Waals surface area (Å²) < 4.78 is 59.9. The van der Waals surface area contributed by atoms with E-state index >= 15 is 0 Å². The molecule has 102 valence electrons. The summed E-state index contributed by atoms with van der Waals surface area (Å²) in [6.45, 7) is -0.374. The standard InChI is InChI=1S/C9H9ClF3NO3S/c1-18(16,17)3-2-14-5-6(9(11,12)13)4-7(10)8(14)15/h4-5H,2-3H2,1H3. The average Bonchev–Trinajstić information content (AvgIpc) is 2.17. The normalized spacial score (nSPS) is 12.7. The van der Waals surface area contributed by atoms with Crippen LogP contribution in [0.25, 0.3) is 0 Å². The van der Waals surface area contributed by atoms with E-state index in [2.05, 4.69) is 0 Å². The highest BCUT2D eigenvalue weighted by molar-refractivity contribution is 7.90. The van der Waals surface area contributed by atoms with Crippen molar-refractivity contribution in [2.24, 2.45) is 0 Å². The van der Waals surface area contributed by atoms with Crippen LogP contribution in [0.15, 0.2) is 17.1 Å². The Balaban J connectivity index is 3.20. The number of aromatic nitrogens is 1. The van der Waals surface area contributed by atoms with Crippen molar-refractivity contribution >= 4 is 21.4 Å². The minimum absolute atomic E-state index is 0.374. The number of alkyl halides is 3. The molecule has 0 saturated heterocycles. The Morgan fingerprint density at radius 2 is 1.94 bits per heavy atom. The van der Waals surface area contributed by atoms with Crippen LogP contribution in [-0.2, 0) is 22.6 Å². The van der Waals surface area contributed by atoms with Crippen molar-refractivity contribution in [3.63, 3.8) is 0 Å². The lowest BCUT2D eigenvalue weighted by Crippen LogP contribution is -2.25. The highest BCUT2D eigenvalue weighted by Crippen LogP contribution is 2.29. The first-order valence-electron chi connectivity index (χ1n) is 4.65. The zero-order chi connectivity index (χ0) is 14.1. The maximum atomic E-state index is 12.5. The molecule has 4 nitrogen and oxygen atoms in total. The molecule has 0 fully saturated rings. The number of sulfone groups is 1. The fraction of sp³-hybridized carbons (Fsp3) is 0.444. The summed E-state index contributed by atoms with van der Waals surface area (Å²) in [4.78, 5) is 11.4. The van der Waals surface area contributed by atoms with Gasteiger partial charge in [-0.15, -0.1) is 0 Å². The molecule has 0 N–H and O–H groups in total. The molecule has 0 aliphatic heterocycles. The van der Waals surface area contributed by atoms with E-state index in [1.165, 1.54) is 0 Å². The SMILES string of the molecule is CS(=O)(=O)CCn1cc(C(F)(F)F)cc(Cl)c1=O. The lowest BCUT2D eigenvalue weighted by molar-refractivity contribution is -0.138. The highest BCUT2D eigenvalue weighted by Gasteiger charge is 2.32. The van der Waals surface area contributed by atoms with Gasteiger partial charge in [0.05, 0.1) is 11.3 Å². The first-order chi connectivity index (χ1) is 8.00. The second-order valence-corrected chi connectivity index (χ2v) is 6.37. The maximum absolute atomic E-state index is 12.5. The molecule has 1 aromatic heterocycles. The Morgan fingerprint density at radius 1 is 1.39 bits per heavy atom. The fourth-order valence-electron chi connectivity index (χ4n) is 1.18. The molecule has 1 rings (SSSR count). The highest BCUT2D eigenvalue weighted by atomic mass is 35.5. The third-order valence-electron chi connectivity index (χ3n) is 2.07. The van der Waals surface area contributed by atoms with Crippen molar-refractivity contribution in [2.75, 3.05) is 12.0 Å². The summed E-state index contributed by atoms with van der Waals surface area (Å²) in [7, 11) is -3.38. The van der Waals surface area contributed by atoms with Crippen molar-refractivity contribution in [1.82, 2.24) is 4.57 Å². The summed E-state index contributed by atoms with van der Waals surface area (Å²) in [5.74, 6) is -0.440. The molecule has 0 bridgehead atoms. The zero-order valence-corrected chi connectivity index (χ0v) is 10.7. The van der Waals surface area contributed by atoms with E-state index in [4.69, 9.17) is 11.6 Å². The monoisotopic (exact) mass is 303 g/mol. The van der Waals surface area contributed by atoms with Gasteiger partial charge in [0.15, 0.2) is 0 Å². The lowest BCUT2D eigenvalue weighted by atomic mass is 10.3. The van der Waals surface area contributed by atoms with Crippen molar-refractivity contribution in [1.29, 1.82) is 0 Å². The van der Waals surface area contributed by atoms with E-state index < -0.39 is 37.9 Å². The predicted octanol–water partition coefficient (Wildman–Crippen LogP) is 1.57. The van der Waals surface area contributed by atoms with Crippen molar-refractivity contribution in [3.8, 4) is 0 Å². The van der Waals surface area contributed by atoms with Crippen LogP contribution in [0, 0.1) is 0 Å². The van der Waals surface area contributed by atoms with Crippen LogP contribution in [0.5, 0.6) is 0 Å². The van der Waals surface area contributed by atoms with Gasteiger partial charge < -0.3 is 4.57 Å². The lowest BCUT2D eigenvalue weighted by Gasteiger charge is -2.11. The van der Waals surface area contributed by atoms with Gasteiger partial charge in [-0.2, -0.15) is 13.2 Å². The molecule has 0 atom stereocenters. The molecule has 0 aliphatic rings. The molecule has 0 amide bonds. The summed E-state index contributed by atoms with van der Waals surface area (Å²) in [6, 6.07) is 0.515. The van der Waals surface area contributed by atoms with Crippen molar-refractivity contribution in [2.45, 2.75) is 12.7 Å². The van der Waals surface area contributed by atoms with Gasteiger partial charge in [-0.3, -0.25) is 4.79 Å². The first kappa shape index (κ1) is 15.0. The Morgan fingerprint density at radius 3 is 2.39 bits per heavy atom. The van der Waals surface area contributed by atoms with E-state index in [-0.39, 0.29) is 6.54 Å². The smallest absolute Gasteiger partial charge is 0.313 e. The molecule has 18 heavy (non-hydrogen) atoms. The Hall–Kier alpha value is -1.02. The third-order valence-corrected chi connectivity index (χ3v) is 3.27. The average molecular weight is 304 g/mol. The van der Waals surface area contributed by atoms with Gasteiger partial charge in [-0.1, -0.05) is 11.6 Å². The molecule has 1 aromatic rings. The zero-order valence-electron chi connectivity index (χ0n) is 9.16. The molecule has 0 spiro atoms. The molecule has 0 saturated carbocycles. The van der Waals surface area contributed by atoms with Gasteiger partial charge in [0.25, 0.3) is 5.56 Å². The number of nitrogens with zero attached hydrogens (tertiary/aromatic N) is 1. The largest absolute Gasteiger partial charge is 0.417 e. The molecule has 0 aromatic carbocycles. The molecule has 0 aliphatic carbocycles. The van der Waals surface area contributed by atoms with Gasteiger partial charge in [0.1, 0.15) is 14.9 Å². The van der Waals surface area contributed by atoms with Gasteiger partial charge >= 0.3 is 6.18 Å². The topological polar surface area (TPSA) is 56.1 Å². The summed E-state index contributed by atoms with van der Waals surface area (Å²) in [6.07, 6.45) is -3.17. The van der Waals surface area contributed by atoms with Crippen LogP contribution in [0.1, 0.15) is 5.56 Å². The summed E-state index contributed by atoms with van der Waals surface area (Å²) in [5.41, 5.74) is -1.95. The van der Waals surface area contributed by atoms with E-state index in [0.29, 0.717) is 16.8 Å². The fourth-order valence-corrected chi connectivity index (χ4v) is 1.94. The summed E-state index contributed by atoms with van der Waals surface area (Å²) in [5, 5.41) is -0.599. The Kier molecular flexibility index (Phi) is 4.12. The molecular formula is C9H9ClF3NO3S. The van der Waals surface area contributed by atoms with Gasteiger partial charge in [-0.25, -0.2) is 8.42 Å². The van der Waals surface area contributed by atoms with Gasteiger partial charge in [0.2, 0.25) is 0 Å². The quantitative estimate of drug-likeness (QED) is 0.851. The van der Waals surface area contributed by atoms with Crippen LogP contribution >= 0.6 is 11.6 Å². The van der Waals surface area contributed by atoms with Gasteiger partial charge in [-0.05, 0) is 6.07 Å². The summed E-state index contributed by atoms with van der Waals surface area (Å²) >= 11 is 5.39. The molecule has 0 radical (unpaired) electrons. The Bertz CT molecular complexity index is 606. The van der Waals surface area contributed by atoms with E-state index in [1.54, 1.807) is 0 Å². The number of rotatable bonds is 3. The maximum Gasteiger partial charge on any atom is 0.417 e. The molecular weight excluding hydrogens is 295 g/mol. The minimum atomic E-state index is -4.65. The molecule has 0 unspecified atom stereocenters. The molecule has 1 heterocycles. The van der Waals surface area contributed by atoms with Crippen molar-refractivity contribution < 1.29 is 21.6 Å². The second kappa shape index (κ2) is 4.93. The van der Waals surface area contributed by atoms with Crippen LogP contribution in [0.3, 0.4) is 0 Å². The van der Waals surface area contributed by atoms with Gasteiger partial charge in [0, 0.05) is 19.0 Å². The van der Waals surface area contributed by atoms with Crippen LogP contribution in [0.4, 0.5) is 13.2 Å². The van der Waals surface area contributed by atoms with E-state index in [1.807, 2.05) is 0 Å². The van der Waals surface area contributed by atoms with Crippen LogP contribution in [0.2, 0.25) is 5.02 Å². The van der Waals surface area contributed by atoms with E-state index in [0.717, 1.165) is 6.26 Å². The number of halogens is 4. The first-order valence-corrected chi connectivity index (χ1v) is 7.09. The number of hydrogen-bond donors (Lipinski definition) is 0. The number of aryl methyl sites for hydroxylation is 1. The van der Waals surface area contributed by atoms with Crippen molar-refractivity contribution in [3.05, 3.63) is 33.2 Å². The van der Waals surface area contributed by atoms with Crippen LogP contribution < -0.4 is 5.56 Å². The minimum Gasteiger partial charge on any atom is -0.313 e. The predicted molar refractivity (Wildman–Crippen MR) is 60.4 cm³/mol. The third kappa shape index (κ3) is 4.02. The second-order valence-electron chi connectivity index (χ2n) is 3.70. The Labute approximate surface area is 106 Å². The number of hydrogen-bond acceptors (Lipinski definition) is 3.